The van der Waals surface area contributed by atoms with E-state index in [0.717, 1.165) is 6.54 Å². The Hall–Kier alpha value is -0.380. The maximum Gasteiger partial charge on any atom is 0.0958 e. The lowest BCUT2D eigenvalue weighted by Gasteiger charge is -2.09. The van der Waals surface area contributed by atoms with Crippen molar-refractivity contribution in [3.63, 3.8) is 0 Å². The highest BCUT2D eigenvalue weighted by molar-refractivity contribution is 4.94. The van der Waals surface area contributed by atoms with Gasteiger partial charge in [0, 0.05) is 6.54 Å². The second-order valence-corrected chi connectivity index (χ2v) is 3.08. The van der Waals surface area contributed by atoms with Crippen molar-refractivity contribution in [2.45, 2.75) is 20.0 Å². The topological polar surface area (TPSA) is 32.7 Å². The number of β-amino-alcohol motifs (C(OH)–C–C–N with tert-alkyl or cyclic N) is 1. The molecular formula is C8H15NO2. The van der Waals surface area contributed by atoms with Crippen LogP contribution in [0.1, 0.15) is 13.8 Å². The molecule has 0 radical (unpaired) electrons. The predicted molar refractivity (Wildman–Crippen MR) is 43.0 cm³/mol. The van der Waals surface area contributed by atoms with Crippen molar-refractivity contribution in [2.24, 2.45) is 0 Å². The molecule has 1 N–H and O–H groups in total. The molecule has 11 heavy (non-hydrogen) atoms. The normalized spacial score (nSPS) is 25.5. The Labute approximate surface area is 67.2 Å². The highest BCUT2D eigenvalue weighted by Crippen LogP contribution is 2.05. The number of rotatable bonds is 2. The molecule has 1 saturated heterocycles. The van der Waals surface area contributed by atoms with E-state index in [1.807, 2.05) is 13.8 Å². The smallest absolute Gasteiger partial charge is 0.0958 e. The molecule has 0 aromatic heterocycles. The van der Waals surface area contributed by atoms with Crippen LogP contribution < -0.4 is 0 Å². The van der Waals surface area contributed by atoms with Gasteiger partial charge in [-0.15, -0.1) is 0 Å². The van der Waals surface area contributed by atoms with Crippen molar-refractivity contribution in [1.29, 1.82) is 0 Å². The highest BCUT2D eigenvalue weighted by Gasteiger charge is 2.19. The van der Waals surface area contributed by atoms with Crippen LogP contribution in [-0.2, 0) is 4.84 Å². The average molecular weight is 157 g/mol. The third kappa shape index (κ3) is 3.01. The zero-order valence-corrected chi connectivity index (χ0v) is 7.08. The Morgan fingerprint density at radius 2 is 2.45 bits per heavy atom. The zero-order valence-electron chi connectivity index (χ0n) is 7.08. The molecule has 1 rings (SSSR count). The van der Waals surface area contributed by atoms with Gasteiger partial charge in [0.25, 0.3) is 0 Å². The lowest BCUT2D eigenvalue weighted by atomic mass is 10.3. The Morgan fingerprint density at radius 3 is 2.91 bits per heavy atom. The molecule has 0 aromatic rings. The molecule has 1 fully saturated rings. The molecule has 3 heteroatoms. The van der Waals surface area contributed by atoms with Gasteiger partial charge in [-0.05, 0) is 13.8 Å². The number of aliphatic hydroxyl groups is 1. The Kier molecular flexibility index (Phi) is 3.05. The maximum atomic E-state index is 9.08. The van der Waals surface area contributed by atoms with Gasteiger partial charge in [-0.2, -0.15) is 5.06 Å². The van der Waals surface area contributed by atoms with Crippen LogP contribution in [0.3, 0.4) is 0 Å². The Bertz CT molecular complexity index is 152. The van der Waals surface area contributed by atoms with E-state index >= 15 is 0 Å². The van der Waals surface area contributed by atoms with Crippen LogP contribution in [0.2, 0.25) is 0 Å². The first-order valence-corrected chi connectivity index (χ1v) is 3.88. The fourth-order valence-electron chi connectivity index (χ4n) is 0.944. The van der Waals surface area contributed by atoms with E-state index in [4.69, 9.17) is 9.94 Å². The average Bonchev–Trinajstić information content (AvgIpc) is 2.31. The number of aliphatic hydroxyl groups excluding tert-OH is 1. The number of hydrogen-bond donors (Lipinski definition) is 1. The summed E-state index contributed by atoms with van der Waals surface area (Å²) in [6.07, 6.45) is 1.78. The number of allylic oxidation sites excluding steroid dienone is 1. The lowest BCUT2D eigenvalue weighted by molar-refractivity contribution is -0.101. The van der Waals surface area contributed by atoms with E-state index in [0.29, 0.717) is 13.2 Å². The molecule has 0 bridgehead atoms. The van der Waals surface area contributed by atoms with E-state index in [-0.39, 0.29) is 6.10 Å². The second kappa shape index (κ2) is 3.85. The van der Waals surface area contributed by atoms with Crippen LogP contribution in [-0.4, -0.2) is 36.0 Å². The fourth-order valence-corrected chi connectivity index (χ4v) is 0.944. The summed E-state index contributed by atoms with van der Waals surface area (Å²) in [6, 6.07) is 0. The molecule has 1 heterocycles. The van der Waals surface area contributed by atoms with E-state index in [1.54, 1.807) is 5.06 Å². The summed E-state index contributed by atoms with van der Waals surface area (Å²) in [5, 5.41) is 10.9. The first-order valence-electron chi connectivity index (χ1n) is 3.88. The highest BCUT2D eigenvalue weighted by atomic mass is 16.7. The molecule has 0 unspecified atom stereocenters. The molecule has 64 valence electrons. The van der Waals surface area contributed by atoms with E-state index in [9.17, 15) is 0 Å². The summed E-state index contributed by atoms with van der Waals surface area (Å²) in [7, 11) is 0. The van der Waals surface area contributed by atoms with Gasteiger partial charge in [0.1, 0.15) is 0 Å². The van der Waals surface area contributed by atoms with Gasteiger partial charge in [0.15, 0.2) is 0 Å². The second-order valence-electron chi connectivity index (χ2n) is 3.08. The van der Waals surface area contributed by atoms with E-state index < -0.39 is 0 Å². The first-order chi connectivity index (χ1) is 5.18. The summed E-state index contributed by atoms with van der Waals surface area (Å²) in [6.45, 7) is 5.94. The molecule has 0 aliphatic carbocycles. The van der Waals surface area contributed by atoms with Crippen molar-refractivity contribution in [2.75, 3.05) is 19.7 Å². The minimum atomic E-state index is -0.305. The summed E-state index contributed by atoms with van der Waals surface area (Å²) in [5.41, 5.74) is 1.27. The van der Waals surface area contributed by atoms with Crippen LogP contribution in [0.4, 0.5) is 0 Å². The van der Waals surface area contributed by atoms with Crippen molar-refractivity contribution in [1.82, 2.24) is 5.06 Å². The molecule has 1 atom stereocenters. The third-order valence-corrected chi connectivity index (χ3v) is 1.57. The van der Waals surface area contributed by atoms with Crippen molar-refractivity contribution in [3.05, 3.63) is 11.6 Å². The van der Waals surface area contributed by atoms with Crippen LogP contribution in [0.5, 0.6) is 0 Å². The van der Waals surface area contributed by atoms with Gasteiger partial charge in [-0.3, -0.25) is 4.84 Å². The number of hydrogen-bond acceptors (Lipinski definition) is 3. The number of nitrogens with zero attached hydrogens (tertiary/aromatic N) is 1. The lowest BCUT2D eigenvalue weighted by Crippen LogP contribution is -2.20. The first kappa shape index (κ1) is 8.71. The fraction of sp³-hybridized carbons (Fsp3) is 0.750. The van der Waals surface area contributed by atoms with Crippen LogP contribution in [0, 0.1) is 0 Å². The van der Waals surface area contributed by atoms with Crippen LogP contribution >= 0.6 is 0 Å². The van der Waals surface area contributed by atoms with Crippen LogP contribution in [0.15, 0.2) is 11.6 Å². The molecule has 1 aliphatic heterocycles. The predicted octanol–water partition coefficient (Wildman–Crippen LogP) is 0.561. The van der Waals surface area contributed by atoms with Crippen LogP contribution in [0.25, 0.3) is 0 Å². The Balaban J connectivity index is 2.23. The molecule has 0 spiro atoms. The van der Waals surface area contributed by atoms with Gasteiger partial charge >= 0.3 is 0 Å². The quantitative estimate of drug-likeness (QED) is 0.594. The van der Waals surface area contributed by atoms with Crippen molar-refractivity contribution in [3.8, 4) is 0 Å². The molecule has 3 nitrogen and oxygen atoms in total. The van der Waals surface area contributed by atoms with Gasteiger partial charge in [-0.1, -0.05) is 11.6 Å². The molecule has 0 amide bonds. The third-order valence-electron chi connectivity index (χ3n) is 1.57. The van der Waals surface area contributed by atoms with Gasteiger partial charge in [-0.25, -0.2) is 0 Å². The summed E-state index contributed by atoms with van der Waals surface area (Å²) < 4.78 is 0. The van der Waals surface area contributed by atoms with Gasteiger partial charge < -0.3 is 5.11 Å². The molecule has 1 aliphatic rings. The zero-order chi connectivity index (χ0) is 8.27. The van der Waals surface area contributed by atoms with E-state index in [2.05, 4.69) is 6.08 Å². The van der Waals surface area contributed by atoms with Gasteiger partial charge in [0.05, 0.1) is 19.3 Å². The maximum absolute atomic E-state index is 9.08. The van der Waals surface area contributed by atoms with Gasteiger partial charge in [0.2, 0.25) is 0 Å². The number of hydroxylamine groups is 2. The monoisotopic (exact) mass is 157 g/mol. The SMILES string of the molecule is CC(C)=CCN1C[C@H](O)CO1. The molecule has 0 saturated carbocycles. The summed E-state index contributed by atoms with van der Waals surface area (Å²) in [5.74, 6) is 0. The largest absolute Gasteiger partial charge is 0.389 e. The van der Waals surface area contributed by atoms with E-state index in [1.165, 1.54) is 5.57 Å². The summed E-state index contributed by atoms with van der Waals surface area (Å²) in [4.78, 5) is 5.15. The minimum Gasteiger partial charge on any atom is -0.389 e. The standard InChI is InChI=1S/C8H15NO2/c1-7(2)3-4-9-5-8(10)6-11-9/h3,8,10H,4-6H2,1-2H3/t8-/m0/s1. The van der Waals surface area contributed by atoms with Crippen molar-refractivity contribution >= 4 is 0 Å². The minimum absolute atomic E-state index is 0.305. The van der Waals surface area contributed by atoms with Crippen molar-refractivity contribution < 1.29 is 9.94 Å². The summed E-state index contributed by atoms with van der Waals surface area (Å²) >= 11 is 0. The molecule has 0 aromatic carbocycles. The Morgan fingerprint density at radius 1 is 1.73 bits per heavy atom. The molecular weight excluding hydrogens is 142 g/mol.